The molecule has 2 heterocycles. The number of rotatable bonds is 9. The first-order valence-corrected chi connectivity index (χ1v) is 12.2. The molecule has 2 aromatic heterocycles. The number of furan rings is 1. The van der Waals surface area contributed by atoms with Crippen molar-refractivity contribution in [1.29, 1.82) is 0 Å². The van der Waals surface area contributed by atoms with Crippen LogP contribution in [-0.4, -0.2) is 40.2 Å². The Balaban J connectivity index is 1.75. The van der Waals surface area contributed by atoms with Crippen LogP contribution in [-0.2, 0) is 17.8 Å². The van der Waals surface area contributed by atoms with Gasteiger partial charge in [0.25, 0.3) is 5.56 Å². The fourth-order valence-corrected chi connectivity index (χ4v) is 4.78. The fourth-order valence-electron chi connectivity index (χ4n) is 4.78. The van der Waals surface area contributed by atoms with E-state index in [9.17, 15) is 9.59 Å². The second-order valence-electron chi connectivity index (χ2n) is 8.85. The molecular weight excluding hydrogens is 432 g/mol. The number of ether oxygens (including phenoxy) is 1. The highest BCUT2D eigenvalue weighted by Crippen LogP contribution is 2.27. The molecular formula is C26H34N4O4. The molecule has 182 valence electrons. The van der Waals surface area contributed by atoms with Crippen LogP contribution >= 0.6 is 0 Å². The molecule has 1 N–H and O–H groups in total. The minimum absolute atomic E-state index is 0.123. The average molecular weight is 467 g/mol. The number of urea groups is 1. The van der Waals surface area contributed by atoms with Gasteiger partial charge in [0.2, 0.25) is 0 Å². The van der Waals surface area contributed by atoms with Gasteiger partial charge in [-0.1, -0.05) is 38.3 Å². The third-order valence-electron chi connectivity index (χ3n) is 6.57. The summed E-state index contributed by atoms with van der Waals surface area (Å²) in [4.78, 5) is 33.7. The monoisotopic (exact) mass is 466 g/mol. The van der Waals surface area contributed by atoms with Crippen LogP contribution in [0.2, 0.25) is 0 Å². The van der Waals surface area contributed by atoms with E-state index in [1.807, 2.05) is 37.3 Å². The van der Waals surface area contributed by atoms with Gasteiger partial charge in [0.05, 0.1) is 42.9 Å². The van der Waals surface area contributed by atoms with Crippen LogP contribution in [0.25, 0.3) is 10.9 Å². The van der Waals surface area contributed by atoms with Gasteiger partial charge in [-0.15, -0.1) is 0 Å². The van der Waals surface area contributed by atoms with Crippen LogP contribution in [0.15, 0.2) is 51.9 Å². The number of methoxy groups -OCH3 is 1. The van der Waals surface area contributed by atoms with Gasteiger partial charge in [0.15, 0.2) is 0 Å². The highest BCUT2D eigenvalue weighted by molar-refractivity contribution is 5.78. The fraction of sp³-hybridized carbons (Fsp3) is 0.500. The van der Waals surface area contributed by atoms with Gasteiger partial charge >= 0.3 is 6.03 Å². The van der Waals surface area contributed by atoms with Gasteiger partial charge in [0.1, 0.15) is 11.6 Å². The molecule has 8 heteroatoms. The van der Waals surface area contributed by atoms with Crippen molar-refractivity contribution >= 4 is 16.9 Å². The molecule has 3 aromatic rings. The Morgan fingerprint density at radius 2 is 2.03 bits per heavy atom. The average Bonchev–Trinajstić information content (AvgIpc) is 3.37. The van der Waals surface area contributed by atoms with Gasteiger partial charge in [-0.05, 0) is 43.5 Å². The van der Waals surface area contributed by atoms with Gasteiger partial charge < -0.3 is 19.4 Å². The summed E-state index contributed by atoms with van der Waals surface area (Å²) in [5.74, 6) is 1.25. The van der Waals surface area contributed by atoms with Gasteiger partial charge in [-0.2, -0.15) is 0 Å². The van der Waals surface area contributed by atoms with Crippen LogP contribution in [0.5, 0.6) is 0 Å². The summed E-state index contributed by atoms with van der Waals surface area (Å²) in [5.41, 5.74) is 0.502. The molecule has 8 nitrogen and oxygen atoms in total. The molecule has 1 aromatic carbocycles. The Morgan fingerprint density at radius 1 is 1.24 bits per heavy atom. The Bertz CT molecular complexity index is 1140. The van der Waals surface area contributed by atoms with E-state index in [0.717, 1.165) is 25.7 Å². The molecule has 0 saturated heterocycles. The van der Waals surface area contributed by atoms with E-state index in [4.69, 9.17) is 14.1 Å². The summed E-state index contributed by atoms with van der Waals surface area (Å²) in [6.45, 7) is 3.03. The molecule has 0 aliphatic heterocycles. The van der Waals surface area contributed by atoms with E-state index in [1.54, 1.807) is 28.9 Å². The number of hydrogen-bond acceptors (Lipinski definition) is 5. The molecule has 4 rings (SSSR count). The zero-order valence-electron chi connectivity index (χ0n) is 20.0. The van der Waals surface area contributed by atoms with Gasteiger partial charge in [-0.3, -0.25) is 9.36 Å². The SMILES string of the molecule is CCC(c1nc2ccccc2c(=O)n1CCOC)N(Cc1ccco1)C(=O)NC1CCCCC1. The van der Waals surface area contributed by atoms with E-state index in [0.29, 0.717) is 42.1 Å². The lowest BCUT2D eigenvalue weighted by molar-refractivity contribution is 0.147. The zero-order chi connectivity index (χ0) is 23.9. The molecule has 0 spiro atoms. The Labute approximate surface area is 199 Å². The predicted octanol–water partition coefficient (Wildman–Crippen LogP) is 4.63. The molecule has 0 radical (unpaired) electrons. The van der Waals surface area contributed by atoms with Crippen molar-refractivity contribution in [2.75, 3.05) is 13.7 Å². The van der Waals surface area contributed by atoms with Crippen LogP contribution in [0.1, 0.15) is 63.1 Å². The second kappa shape index (κ2) is 11.3. The van der Waals surface area contributed by atoms with Crippen molar-refractivity contribution < 1.29 is 13.9 Å². The van der Waals surface area contributed by atoms with Crippen molar-refractivity contribution in [2.45, 2.75) is 70.6 Å². The number of benzene rings is 1. The maximum Gasteiger partial charge on any atom is 0.318 e. The van der Waals surface area contributed by atoms with Crippen molar-refractivity contribution in [2.24, 2.45) is 0 Å². The Morgan fingerprint density at radius 3 is 2.74 bits per heavy atom. The van der Waals surface area contributed by atoms with E-state index >= 15 is 0 Å². The van der Waals surface area contributed by atoms with Crippen molar-refractivity contribution in [3.8, 4) is 0 Å². The lowest BCUT2D eigenvalue weighted by Gasteiger charge is -2.34. The minimum Gasteiger partial charge on any atom is -0.467 e. The van der Waals surface area contributed by atoms with Crippen LogP contribution in [0, 0.1) is 0 Å². The molecule has 0 bridgehead atoms. The summed E-state index contributed by atoms with van der Waals surface area (Å²) < 4.78 is 12.5. The number of fused-ring (bicyclic) bond motifs is 1. The number of carbonyl (C=O) groups excluding carboxylic acids is 1. The first-order valence-electron chi connectivity index (χ1n) is 12.2. The lowest BCUT2D eigenvalue weighted by Crippen LogP contribution is -2.47. The molecule has 1 saturated carbocycles. The molecule has 1 atom stereocenters. The summed E-state index contributed by atoms with van der Waals surface area (Å²) in [7, 11) is 1.61. The largest absolute Gasteiger partial charge is 0.467 e. The number of nitrogens with one attached hydrogen (secondary N) is 1. The third-order valence-corrected chi connectivity index (χ3v) is 6.57. The van der Waals surface area contributed by atoms with E-state index < -0.39 is 6.04 Å². The normalized spacial score (nSPS) is 15.4. The minimum atomic E-state index is -0.414. The van der Waals surface area contributed by atoms with Crippen LogP contribution in [0.4, 0.5) is 4.79 Å². The summed E-state index contributed by atoms with van der Waals surface area (Å²) in [5, 5.41) is 3.79. The number of carbonyl (C=O) groups is 1. The lowest BCUT2D eigenvalue weighted by atomic mass is 9.96. The zero-order valence-corrected chi connectivity index (χ0v) is 20.0. The summed E-state index contributed by atoms with van der Waals surface area (Å²) in [6.07, 6.45) is 7.65. The van der Waals surface area contributed by atoms with Crippen molar-refractivity contribution in [3.63, 3.8) is 0 Å². The maximum absolute atomic E-state index is 13.6. The smallest absolute Gasteiger partial charge is 0.318 e. The van der Waals surface area contributed by atoms with Crippen LogP contribution < -0.4 is 10.9 Å². The van der Waals surface area contributed by atoms with Crippen molar-refractivity contribution in [1.82, 2.24) is 19.8 Å². The molecule has 34 heavy (non-hydrogen) atoms. The second-order valence-corrected chi connectivity index (χ2v) is 8.85. The standard InChI is InChI=1S/C26H34N4O4/c1-3-23(24-28-22-14-8-7-13-21(22)25(31)29(24)15-17-33-2)30(18-20-12-9-16-34-20)26(32)27-19-10-5-4-6-11-19/h7-9,12-14,16,19,23H,3-6,10-11,15,17-18H2,1-2H3,(H,27,32). The number of aromatic nitrogens is 2. The van der Waals surface area contributed by atoms with E-state index in [1.165, 1.54) is 6.42 Å². The van der Waals surface area contributed by atoms with E-state index in [2.05, 4.69) is 5.32 Å². The molecule has 2 amide bonds. The first kappa shape index (κ1) is 24.0. The topological polar surface area (TPSA) is 89.6 Å². The van der Waals surface area contributed by atoms with Gasteiger partial charge in [0, 0.05) is 13.2 Å². The predicted molar refractivity (Wildman–Crippen MR) is 131 cm³/mol. The molecule has 1 aliphatic carbocycles. The third kappa shape index (κ3) is 5.33. The number of amides is 2. The number of nitrogens with zero attached hydrogens (tertiary/aromatic N) is 3. The number of para-hydroxylation sites is 1. The molecule has 1 aliphatic rings. The summed E-state index contributed by atoms with van der Waals surface area (Å²) in [6, 6.07) is 10.6. The van der Waals surface area contributed by atoms with Crippen molar-refractivity contribution in [3.05, 3.63) is 64.6 Å². The number of hydrogen-bond donors (Lipinski definition) is 1. The Hall–Kier alpha value is -3.13. The van der Waals surface area contributed by atoms with Crippen LogP contribution in [0.3, 0.4) is 0 Å². The quantitative estimate of drug-likeness (QED) is 0.497. The summed E-state index contributed by atoms with van der Waals surface area (Å²) >= 11 is 0. The maximum atomic E-state index is 13.6. The highest BCUT2D eigenvalue weighted by atomic mass is 16.5. The first-order chi connectivity index (χ1) is 16.6. The van der Waals surface area contributed by atoms with E-state index in [-0.39, 0.29) is 24.2 Å². The Kier molecular flexibility index (Phi) is 8.00. The van der Waals surface area contributed by atoms with Gasteiger partial charge in [-0.25, -0.2) is 9.78 Å². The molecule has 1 unspecified atom stereocenters. The highest BCUT2D eigenvalue weighted by Gasteiger charge is 2.30. The molecule has 1 fully saturated rings.